The minimum Gasteiger partial charge on any atom is -0.365 e. The highest BCUT2D eigenvalue weighted by molar-refractivity contribution is 5.93. The van der Waals surface area contributed by atoms with Crippen LogP contribution in [0.4, 0.5) is 17.5 Å². The summed E-state index contributed by atoms with van der Waals surface area (Å²) in [5.74, 6) is 1.80. The van der Waals surface area contributed by atoms with Crippen molar-refractivity contribution in [2.24, 2.45) is 5.92 Å². The Kier molecular flexibility index (Phi) is 8.63. The smallest absolute Gasteiger partial charge is 0.227 e. The number of benzene rings is 3. The average molecular weight is 564 g/mol. The Hall–Kier alpha value is -4.01. The molecule has 1 aromatic heterocycles. The van der Waals surface area contributed by atoms with E-state index in [9.17, 15) is 4.79 Å². The molecule has 3 heterocycles. The van der Waals surface area contributed by atoms with E-state index in [1.807, 2.05) is 18.2 Å². The Bertz CT molecular complexity index is 1500. The number of aryl methyl sites for hydroxylation is 1. The van der Waals surface area contributed by atoms with Crippen molar-refractivity contribution in [3.05, 3.63) is 89.5 Å². The van der Waals surface area contributed by atoms with Crippen LogP contribution in [0.15, 0.2) is 72.8 Å². The maximum Gasteiger partial charge on any atom is 0.227 e. The zero-order valence-electron chi connectivity index (χ0n) is 24.6. The van der Waals surface area contributed by atoms with Crippen LogP contribution in [-0.2, 0) is 17.9 Å². The number of nitrogens with one attached hydrogen (secondary N) is 3. The third kappa shape index (κ3) is 6.89. The number of aromatic nitrogens is 2. The number of hydrogen-bond acceptors (Lipinski definition) is 7. The van der Waals surface area contributed by atoms with E-state index >= 15 is 0 Å². The van der Waals surface area contributed by atoms with Gasteiger partial charge in [0, 0.05) is 55.8 Å². The van der Waals surface area contributed by atoms with Crippen molar-refractivity contribution in [3.63, 3.8) is 0 Å². The Morgan fingerprint density at radius 3 is 2.50 bits per heavy atom. The van der Waals surface area contributed by atoms with Crippen molar-refractivity contribution in [1.29, 1.82) is 0 Å². The van der Waals surface area contributed by atoms with Crippen molar-refractivity contribution in [3.8, 4) is 0 Å². The molecule has 2 aliphatic heterocycles. The first kappa shape index (κ1) is 28.1. The van der Waals surface area contributed by atoms with Gasteiger partial charge in [-0.25, -0.2) is 4.98 Å². The summed E-state index contributed by atoms with van der Waals surface area (Å²) in [6.45, 7) is 10.5. The largest absolute Gasteiger partial charge is 0.365 e. The summed E-state index contributed by atoms with van der Waals surface area (Å²) in [5, 5.41) is 11.2. The van der Waals surface area contributed by atoms with Crippen LogP contribution in [0, 0.1) is 12.8 Å². The average Bonchev–Trinajstić information content (AvgIpc) is 3.01. The molecule has 0 radical (unpaired) electrons. The molecular formula is C34H41N7O. The molecule has 218 valence electrons. The number of carbonyl (C=O) groups excluding carboxylic acids is 1. The van der Waals surface area contributed by atoms with Gasteiger partial charge in [-0.2, -0.15) is 4.98 Å². The van der Waals surface area contributed by atoms with Gasteiger partial charge in [0.25, 0.3) is 0 Å². The van der Waals surface area contributed by atoms with Crippen LogP contribution >= 0.6 is 0 Å². The first-order chi connectivity index (χ1) is 20.5. The van der Waals surface area contributed by atoms with E-state index in [1.54, 1.807) is 0 Å². The summed E-state index contributed by atoms with van der Waals surface area (Å²) in [5.41, 5.74) is 5.43. The van der Waals surface area contributed by atoms with E-state index in [0.717, 1.165) is 86.0 Å². The van der Waals surface area contributed by atoms with Gasteiger partial charge in [0.05, 0.1) is 5.52 Å². The van der Waals surface area contributed by atoms with Gasteiger partial charge in [-0.1, -0.05) is 48.5 Å². The summed E-state index contributed by atoms with van der Waals surface area (Å²) in [7, 11) is 0. The SMILES string of the molecule is Cc1ccc2c(NCc3ccc(NC(=O)C4CCN(Cc5ccccc5)CC4)cc3)nc(N3CCN[C@@H](C)C3)nc2c1. The number of hydrogen-bond donors (Lipinski definition) is 3. The van der Waals surface area contributed by atoms with Gasteiger partial charge in [0.1, 0.15) is 5.82 Å². The molecule has 3 aromatic carbocycles. The van der Waals surface area contributed by atoms with E-state index in [-0.39, 0.29) is 11.8 Å². The summed E-state index contributed by atoms with van der Waals surface area (Å²) in [6.07, 6.45) is 1.78. The lowest BCUT2D eigenvalue weighted by atomic mass is 9.95. The standard InChI is InChI=1S/C34H41N7O/c1-24-8-13-30-31(20-24)38-34(41-19-16-35-25(2)22-41)39-32(30)36-21-26-9-11-29(12-10-26)37-33(42)28-14-17-40(18-15-28)23-27-6-4-3-5-7-27/h3-13,20,25,28,35H,14-19,21-23H2,1-2H3,(H,37,42)(H,36,38,39)/t25-/m0/s1. The van der Waals surface area contributed by atoms with E-state index in [0.29, 0.717) is 12.6 Å². The monoisotopic (exact) mass is 563 g/mol. The van der Waals surface area contributed by atoms with Gasteiger partial charge in [0.2, 0.25) is 11.9 Å². The molecule has 0 spiro atoms. The van der Waals surface area contributed by atoms with Gasteiger partial charge in [-0.05, 0) is 80.7 Å². The lowest BCUT2D eigenvalue weighted by Gasteiger charge is -2.32. The molecule has 0 aliphatic carbocycles. The number of fused-ring (bicyclic) bond motifs is 1. The normalized spacial score (nSPS) is 18.2. The molecular weight excluding hydrogens is 522 g/mol. The van der Waals surface area contributed by atoms with Gasteiger partial charge in [-0.3, -0.25) is 9.69 Å². The lowest BCUT2D eigenvalue weighted by molar-refractivity contribution is -0.121. The van der Waals surface area contributed by atoms with E-state index in [2.05, 4.69) is 94.2 Å². The number of amides is 1. The van der Waals surface area contributed by atoms with Gasteiger partial charge in [0.15, 0.2) is 0 Å². The molecule has 0 unspecified atom stereocenters. The topological polar surface area (TPSA) is 85.4 Å². The predicted molar refractivity (Wildman–Crippen MR) is 171 cm³/mol. The molecule has 2 fully saturated rings. The predicted octanol–water partition coefficient (Wildman–Crippen LogP) is 5.20. The van der Waals surface area contributed by atoms with Crippen molar-refractivity contribution < 1.29 is 4.79 Å². The Balaban J connectivity index is 1.05. The first-order valence-electron chi connectivity index (χ1n) is 15.2. The van der Waals surface area contributed by atoms with Crippen molar-refractivity contribution in [2.45, 2.75) is 45.8 Å². The Labute approximate surface area is 248 Å². The van der Waals surface area contributed by atoms with Crippen LogP contribution < -0.4 is 20.9 Å². The highest BCUT2D eigenvalue weighted by Crippen LogP contribution is 2.26. The second-order valence-electron chi connectivity index (χ2n) is 11.8. The van der Waals surface area contributed by atoms with Gasteiger partial charge >= 0.3 is 0 Å². The fourth-order valence-electron chi connectivity index (χ4n) is 5.95. The Morgan fingerprint density at radius 2 is 1.74 bits per heavy atom. The molecule has 2 aliphatic rings. The number of likely N-dealkylation sites (tertiary alicyclic amines) is 1. The second-order valence-corrected chi connectivity index (χ2v) is 11.8. The summed E-state index contributed by atoms with van der Waals surface area (Å²) in [4.78, 5) is 27.6. The van der Waals surface area contributed by atoms with Crippen LogP contribution in [0.3, 0.4) is 0 Å². The third-order valence-corrected chi connectivity index (χ3v) is 8.38. The molecule has 0 saturated carbocycles. The minimum atomic E-state index is 0.0564. The third-order valence-electron chi connectivity index (χ3n) is 8.38. The van der Waals surface area contributed by atoms with Crippen molar-refractivity contribution in [1.82, 2.24) is 20.2 Å². The van der Waals surface area contributed by atoms with E-state index in [1.165, 1.54) is 11.1 Å². The molecule has 42 heavy (non-hydrogen) atoms. The summed E-state index contributed by atoms with van der Waals surface area (Å²) in [6, 6.07) is 25.4. The lowest BCUT2D eigenvalue weighted by Crippen LogP contribution is -2.49. The van der Waals surface area contributed by atoms with E-state index in [4.69, 9.17) is 9.97 Å². The fourth-order valence-corrected chi connectivity index (χ4v) is 5.95. The molecule has 8 heteroatoms. The summed E-state index contributed by atoms with van der Waals surface area (Å²) >= 11 is 0. The maximum absolute atomic E-state index is 13.0. The molecule has 1 atom stereocenters. The number of rotatable bonds is 8. The number of carbonyl (C=O) groups is 1. The molecule has 8 nitrogen and oxygen atoms in total. The number of piperazine rings is 1. The zero-order chi connectivity index (χ0) is 28.9. The summed E-state index contributed by atoms with van der Waals surface area (Å²) < 4.78 is 0. The highest BCUT2D eigenvalue weighted by Gasteiger charge is 2.25. The number of nitrogens with zero attached hydrogens (tertiary/aromatic N) is 4. The van der Waals surface area contributed by atoms with Crippen LogP contribution in [0.1, 0.15) is 36.5 Å². The molecule has 6 rings (SSSR count). The van der Waals surface area contributed by atoms with Crippen LogP contribution in [0.2, 0.25) is 0 Å². The molecule has 2 saturated heterocycles. The molecule has 0 bridgehead atoms. The van der Waals surface area contributed by atoms with Crippen LogP contribution in [0.25, 0.3) is 10.9 Å². The fraction of sp³-hybridized carbons (Fsp3) is 0.382. The maximum atomic E-state index is 13.0. The minimum absolute atomic E-state index is 0.0564. The zero-order valence-corrected chi connectivity index (χ0v) is 24.6. The van der Waals surface area contributed by atoms with Crippen LogP contribution in [0.5, 0.6) is 0 Å². The molecule has 3 N–H and O–H groups in total. The first-order valence-corrected chi connectivity index (χ1v) is 15.2. The number of piperidine rings is 1. The van der Waals surface area contributed by atoms with E-state index < -0.39 is 0 Å². The molecule has 4 aromatic rings. The van der Waals surface area contributed by atoms with Gasteiger partial charge < -0.3 is 20.9 Å². The molecule has 1 amide bonds. The van der Waals surface area contributed by atoms with Crippen LogP contribution in [-0.4, -0.2) is 59.5 Å². The van der Waals surface area contributed by atoms with Crippen molar-refractivity contribution in [2.75, 3.05) is 48.3 Å². The number of anilines is 3. The Morgan fingerprint density at radius 1 is 0.952 bits per heavy atom. The highest BCUT2D eigenvalue weighted by atomic mass is 16.1. The van der Waals surface area contributed by atoms with Crippen molar-refractivity contribution >= 4 is 34.3 Å². The quantitative estimate of drug-likeness (QED) is 0.272. The second kappa shape index (κ2) is 12.9. The van der Waals surface area contributed by atoms with Gasteiger partial charge in [-0.15, -0.1) is 0 Å².